The van der Waals surface area contributed by atoms with E-state index in [-0.39, 0.29) is 24.0 Å². The van der Waals surface area contributed by atoms with E-state index in [1.807, 2.05) is 25.1 Å². The molecule has 2 amide bonds. The predicted octanol–water partition coefficient (Wildman–Crippen LogP) is 0.881. The van der Waals surface area contributed by atoms with Gasteiger partial charge in [-0.15, -0.1) is 0 Å². The zero-order valence-electron chi connectivity index (χ0n) is 12.5. The van der Waals surface area contributed by atoms with E-state index in [1.165, 1.54) is 0 Å². The van der Waals surface area contributed by atoms with Crippen LogP contribution in [-0.2, 0) is 25.8 Å². The first-order valence-electron chi connectivity index (χ1n) is 7.27. The Morgan fingerprint density at radius 1 is 1.23 bits per heavy atom. The number of amides is 2. The molecule has 1 heterocycles. The fraction of sp³-hybridized carbons (Fsp3) is 0.467. The maximum atomic E-state index is 11.9. The molecule has 0 spiro atoms. The van der Waals surface area contributed by atoms with Crippen LogP contribution in [0.25, 0.3) is 0 Å². The van der Waals surface area contributed by atoms with E-state index in [4.69, 9.17) is 0 Å². The van der Waals surface area contributed by atoms with Crippen molar-refractivity contribution >= 4 is 27.3 Å². The van der Waals surface area contributed by atoms with Crippen LogP contribution in [0.1, 0.15) is 25.3 Å². The molecule has 0 aromatic heterocycles. The first kappa shape index (κ1) is 16.5. The summed E-state index contributed by atoms with van der Waals surface area (Å²) < 4.78 is 22.7. The highest BCUT2D eigenvalue weighted by Gasteiger charge is 2.29. The van der Waals surface area contributed by atoms with E-state index in [2.05, 4.69) is 10.6 Å². The summed E-state index contributed by atoms with van der Waals surface area (Å²) in [6.07, 6.45) is 0.880. The smallest absolute Gasteiger partial charge is 0.233 e. The van der Waals surface area contributed by atoms with Gasteiger partial charge in [-0.25, -0.2) is 8.42 Å². The Balaban J connectivity index is 1.85. The molecule has 1 aromatic rings. The second-order valence-corrected chi connectivity index (χ2v) is 7.63. The van der Waals surface area contributed by atoms with Gasteiger partial charge in [0.25, 0.3) is 0 Å². The highest BCUT2D eigenvalue weighted by molar-refractivity contribution is 7.91. The summed E-state index contributed by atoms with van der Waals surface area (Å²) in [5, 5.41) is 5.32. The Hall–Kier alpha value is -1.89. The van der Waals surface area contributed by atoms with Crippen LogP contribution in [0.2, 0.25) is 0 Å². The van der Waals surface area contributed by atoms with E-state index in [1.54, 1.807) is 6.07 Å². The summed E-state index contributed by atoms with van der Waals surface area (Å²) in [6, 6.07) is 7.03. The molecular weight excluding hydrogens is 304 g/mol. The summed E-state index contributed by atoms with van der Waals surface area (Å²) in [6.45, 7) is 1.98. The van der Waals surface area contributed by atoms with Gasteiger partial charge in [0.05, 0.1) is 11.5 Å². The van der Waals surface area contributed by atoms with Crippen molar-refractivity contribution < 1.29 is 18.0 Å². The number of hydrogen-bond donors (Lipinski definition) is 2. The lowest BCUT2D eigenvalue weighted by atomic mass is 10.1. The number of anilines is 1. The molecule has 1 aliphatic rings. The van der Waals surface area contributed by atoms with Crippen molar-refractivity contribution in [3.8, 4) is 0 Å². The van der Waals surface area contributed by atoms with E-state index >= 15 is 0 Å². The van der Waals surface area contributed by atoms with Gasteiger partial charge in [-0.05, 0) is 24.5 Å². The molecule has 0 radical (unpaired) electrons. The SMILES string of the molecule is CCc1ccccc1NC(=O)CC(=O)NC1CCS(=O)(=O)C1. The number of aryl methyl sites for hydroxylation is 1. The van der Waals surface area contributed by atoms with Gasteiger partial charge >= 0.3 is 0 Å². The lowest BCUT2D eigenvalue weighted by molar-refractivity contribution is -0.127. The third-order valence-electron chi connectivity index (χ3n) is 3.59. The molecule has 2 N–H and O–H groups in total. The minimum atomic E-state index is -3.04. The minimum absolute atomic E-state index is 0.0426. The third kappa shape index (κ3) is 4.56. The number of carbonyl (C=O) groups is 2. The second-order valence-electron chi connectivity index (χ2n) is 5.40. The topological polar surface area (TPSA) is 92.3 Å². The second kappa shape index (κ2) is 6.91. The Bertz CT molecular complexity index is 670. The van der Waals surface area contributed by atoms with Crippen molar-refractivity contribution in [3.05, 3.63) is 29.8 Å². The number of carbonyl (C=O) groups excluding carboxylic acids is 2. The molecule has 1 atom stereocenters. The van der Waals surface area contributed by atoms with Crippen LogP contribution < -0.4 is 10.6 Å². The lowest BCUT2D eigenvalue weighted by Crippen LogP contribution is -2.37. The van der Waals surface area contributed by atoms with Crippen molar-refractivity contribution in [1.29, 1.82) is 0 Å². The molecule has 0 aliphatic carbocycles. The van der Waals surface area contributed by atoms with Gasteiger partial charge in [-0.2, -0.15) is 0 Å². The van der Waals surface area contributed by atoms with E-state index in [0.29, 0.717) is 12.1 Å². The van der Waals surface area contributed by atoms with E-state index in [0.717, 1.165) is 12.0 Å². The molecule has 0 bridgehead atoms. The maximum Gasteiger partial charge on any atom is 0.233 e. The Labute approximate surface area is 130 Å². The molecule has 2 rings (SSSR count). The van der Waals surface area contributed by atoms with Gasteiger partial charge < -0.3 is 10.6 Å². The first-order valence-corrected chi connectivity index (χ1v) is 9.09. The monoisotopic (exact) mass is 324 g/mol. The number of hydrogen-bond acceptors (Lipinski definition) is 4. The van der Waals surface area contributed by atoms with Gasteiger partial charge in [0.2, 0.25) is 11.8 Å². The Morgan fingerprint density at radius 2 is 1.95 bits per heavy atom. The summed E-state index contributed by atoms with van der Waals surface area (Å²) in [5.41, 5.74) is 1.70. The van der Waals surface area contributed by atoms with Crippen molar-refractivity contribution in [2.45, 2.75) is 32.2 Å². The van der Waals surface area contributed by atoms with Crippen LogP contribution >= 0.6 is 0 Å². The Kier molecular flexibility index (Phi) is 5.18. The van der Waals surface area contributed by atoms with Gasteiger partial charge in [-0.3, -0.25) is 9.59 Å². The summed E-state index contributed by atoms with van der Waals surface area (Å²) in [7, 11) is -3.04. The maximum absolute atomic E-state index is 11.9. The van der Waals surface area contributed by atoms with Crippen molar-refractivity contribution in [3.63, 3.8) is 0 Å². The summed E-state index contributed by atoms with van der Waals surface area (Å²) >= 11 is 0. The van der Waals surface area contributed by atoms with Gasteiger partial charge in [0, 0.05) is 11.7 Å². The van der Waals surface area contributed by atoms with Crippen LogP contribution in [0.15, 0.2) is 24.3 Å². The fourth-order valence-corrected chi connectivity index (χ4v) is 4.15. The van der Waals surface area contributed by atoms with Crippen molar-refractivity contribution in [2.75, 3.05) is 16.8 Å². The average Bonchev–Trinajstić information content (AvgIpc) is 2.78. The minimum Gasteiger partial charge on any atom is -0.352 e. The average molecular weight is 324 g/mol. The molecule has 6 nitrogen and oxygen atoms in total. The molecule has 1 saturated heterocycles. The van der Waals surface area contributed by atoms with Crippen LogP contribution in [0.5, 0.6) is 0 Å². The summed E-state index contributed by atoms with van der Waals surface area (Å²) in [4.78, 5) is 23.7. The molecule has 0 saturated carbocycles. The van der Waals surface area contributed by atoms with E-state index < -0.39 is 21.7 Å². The zero-order valence-corrected chi connectivity index (χ0v) is 13.3. The number of rotatable bonds is 5. The highest BCUT2D eigenvalue weighted by Crippen LogP contribution is 2.16. The highest BCUT2D eigenvalue weighted by atomic mass is 32.2. The predicted molar refractivity (Wildman–Crippen MR) is 84.3 cm³/mol. The number of sulfone groups is 1. The number of para-hydroxylation sites is 1. The number of nitrogens with one attached hydrogen (secondary N) is 2. The molecule has 1 fully saturated rings. The van der Waals surface area contributed by atoms with Crippen molar-refractivity contribution in [2.24, 2.45) is 0 Å². The van der Waals surface area contributed by atoms with Crippen LogP contribution in [0.3, 0.4) is 0 Å². The molecular formula is C15H20N2O4S. The van der Waals surface area contributed by atoms with Crippen LogP contribution in [0, 0.1) is 0 Å². The quantitative estimate of drug-likeness (QED) is 0.787. The molecule has 1 aliphatic heterocycles. The normalized spacial score (nSPS) is 19.6. The van der Waals surface area contributed by atoms with Crippen LogP contribution in [-0.4, -0.2) is 37.8 Å². The van der Waals surface area contributed by atoms with Crippen molar-refractivity contribution in [1.82, 2.24) is 5.32 Å². The molecule has 1 aromatic carbocycles. The molecule has 120 valence electrons. The fourth-order valence-electron chi connectivity index (χ4n) is 2.48. The number of benzene rings is 1. The van der Waals surface area contributed by atoms with E-state index in [9.17, 15) is 18.0 Å². The lowest BCUT2D eigenvalue weighted by Gasteiger charge is -2.12. The molecule has 7 heteroatoms. The van der Waals surface area contributed by atoms with Crippen LogP contribution in [0.4, 0.5) is 5.69 Å². The first-order chi connectivity index (χ1) is 10.4. The largest absolute Gasteiger partial charge is 0.352 e. The van der Waals surface area contributed by atoms with Gasteiger partial charge in [0.15, 0.2) is 9.84 Å². The van der Waals surface area contributed by atoms with Gasteiger partial charge in [0.1, 0.15) is 6.42 Å². The standard InChI is InChI=1S/C15H20N2O4S/c1-2-11-5-3-4-6-13(11)17-15(19)9-14(18)16-12-7-8-22(20,21)10-12/h3-6,12H,2,7-10H2,1H3,(H,16,18)(H,17,19). The Morgan fingerprint density at radius 3 is 2.59 bits per heavy atom. The molecule has 1 unspecified atom stereocenters. The zero-order chi connectivity index (χ0) is 16.2. The van der Waals surface area contributed by atoms with Gasteiger partial charge in [-0.1, -0.05) is 25.1 Å². The third-order valence-corrected chi connectivity index (χ3v) is 5.36. The molecule has 22 heavy (non-hydrogen) atoms. The summed E-state index contributed by atoms with van der Waals surface area (Å²) in [5.74, 6) is -0.805.